The Hall–Kier alpha value is -1.05. The molecule has 0 aliphatic rings. The number of hydrogen-bond acceptors (Lipinski definition) is 2. The number of furan rings is 1. The number of hydrogen-bond donors (Lipinski definition) is 0. The maximum atomic E-state index is 5.32. The Morgan fingerprint density at radius 3 is 3.15 bits per heavy atom. The van der Waals surface area contributed by atoms with Gasteiger partial charge in [0, 0.05) is 0 Å². The van der Waals surface area contributed by atoms with Gasteiger partial charge in [-0.3, -0.25) is 0 Å². The molecule has 64 valence electrons. The summed E-state index contributed by atoms with van der Waals surface area (Å²) in [6.07, 6.45) is 1.72. The molecule has 0 atom stereocenters. The van der Waals surface area contributed by atoms with Gasteiger partial charge in [0.1, 0.15) is 0 Å². The third kappa shape index (κ3) is 0.978. The average molecular weight is 236 g/mol. The predicted octanol–water partition coefficient (Wildman–Crippen LogP) is 2.35. The van der Waals surface area contributed by atoms with E-state index in [1.807, 2.05) is 12.1 Å². The van der Waals surface area contributed by atoms with Gasteiger partial charge in [-0.05, 0) is 0 Å². The Morgan fingerprint density at radius 2 is 2.23 bits per heavy atom. The van der Waals surface area contributed by atoms with Gasteiger partial charge in [-0.2, -0.15) is 0 Å². The van der Waals surface area contributed by atoms with Crippen LogP contribution in [0.25, 0.3) is 20.7 Å². The molecule has 2 nitrogen and oxygen atoms in total. The van der Waals surface area contributed by atoms with Crippen molar-refractivity contribution >= 4 is 35.2 Å². The molecule has 1 aromatic carbocycles. The fourth-order valence-corrected chi connectivity index (χ4v) is 3.32. The van der Waals surface area contributed by atoms with Crippen molar-refractivity contribution < 1.29 is 4.42 Å². The molecule has 0 bridgehead atoms. The molecular formula is C10H7NOSe. The first kappa shape index (κ1) is 7.36. The van der Waals surface area contributed by atoms with E-state index in [0.29, 0.717) is 14.5 Å². The van der Waals surface area contributed by atoms with Crippen LogP contribution in [-0.2, 0) is 0 Å². The first-order chi connectivity index (χ1) is 6.34. The summed E-state index contributed by atoms with van der Waals surface area (Å²) < 4.78 is 7.94. The zero-order valence-corrected chi connectivity index (χ0v) is 8.79. The molecule has 3 aromatic rings. The molecule has 0 saturated carbocycles. The van der Waals surface area contributed by atoms with E-state index < -0.39 is 0 Å². The standard InChI is InChI=1S/C10H7NOSe/c1-6-11-10-7-4-5-12-8(7)2-3-9(10)13-6/h2-5H,1H3. The van der Waals surface area contributed by atoms with E-state index in [1.165, 1.54) is 8.83 Å². The van der Waals surface area contributed by atoms with Crippen molar-refractivity contribution in [2.45, 2.75) is 6.92 Å². The number of aryl methyl sites for hydroxylation is 1. The second-order valence-corrected chi connectivity index (χ2v) is 5.57. The second-order valence-electron chi connectivity index (χ2n) is 2.98. The van der Waals surface area contributed by atoms with Crippen molar-refractivity contribution in [3.63, 3.8) is 0 Å². The zero-order chi connectivity index (χ0) is 8.84. The van der Waals surface area contributed by atoms with E-state index in [4.69, 9.17) is 4.42 Å². The molecule has 0 spiro atoms. The summed E-state index contributed by atoms with van der Waals surface area (Å²) in [6, 6.07) is 6.15. The summed E-state index contributed by atoms with van der Waals surface area (Å²) in [6.45, 7) is 2.09. The number of benzene rings is 1. The zero-order valence-electron chi connectivity index (χ0n) is 7.07. The van der Waals surface area contributed by atoms with Gasteiger partial charge in [-0.25, -0.2) is 0 Å². The van der Waals surface area contributed by atoms with Gasteiger partial charge in [0.15, 0.2) is 0 Å². The van der Waals surface area contributed by atoms with Crippen molar-refractivity contribution in [1.29, 1.82) is 0 Å². The first-order valence-electron chi connectivity index (χ1n) is 4.08. The van der Waals surface area contributed by atoms with Crippen LogP contribution in [0.4, 0.5) is 0 Å². The Labute approximate surface area is 80.9 Å². The predicted molar refractivity (Wildman–Crippen MR) is 53.2 cm³/mol. The maximum absolute atomic E-state index is 5.32. The summed E-state index contributed by atoms with van der Waals surface area (Å²) in [5.74, 6) is 0. The summed E-state index contributed by atoms with van der Waals surface area (Å²) in [5.41, 5.74) is 2.07. The summed E-state index contributed by atoms with van der Waals surface area (Å²) in [4.78, 5) is 4.54. The number of rotatable bonds is 0. The third-order valence-electron chi connectivity index (χ3n) is 2.10. The van der Waals surface area contributed by atoms with Crippen LogP contribution in [0.3, 0.4) is 0 Å². The molecule has 2 aromatic heterocycles. The van der Waals surface area contributed by atoms with Crippen LogP contribution in [0.5, 0.6) is 0 Å². The fraction of sp³-hybridized carbons (Fsp3) is 0.100. The molecule has 3 rings (SSSR count). The quantitative estimate of drug-likeness (QED) is 0.560. The van der Waals surface area contributed by atoms with E-state index in [9.17, 15) is 0 Å². The van der Waals surface area contributed by atoms with Gasteiger partial charge >= 0.3 is 80.6 Å². The molecule has 0 aliphatic heterocycles. The van der Waals surface area contributed by atoms with Crippen molar-refractivity contribution in [1.82, 2.24) is 4.98 Å². The molecule has 0 aliphatic carbocycles. The topological polar surface area (TPSA) is 26.0 Å². The van der Waals surface area contributed by atoms with E-state index in [-0.39, 0.29) is 0 Å². The summed E-state index contributed by atoms with van der Waals surface area (Å²) in [5, 5.41) is 1.15. The summed E-state index contributed by atoms with van der Waals surface area (Å²) in [7, 11) is 0. The SMILES string of the molecule is Cc1nc2c(ccc3occc32)[se]1. The number of nitrogens with zero attached hydrogens (tertiary/aromatic N) is 1. The monoisotopic (exact) mass is 237 g/mol. The van der Waals surface area contributed by atoms with Crippen molar-refractivity contribution in [3.8, 4) is 0 Å². The van der Waals surface area contributed by atoms with Crippen LogP contribution < -0.4 is 0 Å². The Morgan fingerprint density at radius 1 is 1.31 bits per heavy atom. The number of aromatic nitrogens is 1. The molecular weight excluding hydrogens is 229 g/mol. The average Bonchev–Trinajstić information content (AvgIpc) is 2.65. The van der Waals surface area contributed by atoms with Crippen LogP contribution in [-0.4, -0.2) is 19.5 Å². The van der Waals surface area contributed by atoms with E-state index in [1.54, 1.807) is 6.26 Å². The minimum atomic E-state index is 0.431. The summed E-state index contributed by atoms with van der Waals surface area (Å²) >= 11 is 0.431. The molecule has 0 fully saturated rings. The van der Waals surface area contributed by atoms with Crippen molar-refractivity contribution in [2.75, 3.05) is 0 Å². The Kier molecular flexibility index (Phi) is 1.40. The molecule has 13 heavy (non-hydrogen) atoms. The van der Waals surface area contributed by atoms with Crippen LogP contribution in [0.2, 0.25) is 0 Å². The molecule has 0 N–H and O–H groups in total. The van der Waals surface area contributed by atoms with Crippen LogP contribution in [0.1, 0.15) is 4.57 Å². The van der Waals surface area contributed by atoms with Crippen molar-refractivity contribution in [3.05, 3.63) is 29.0 Å². The Bertz CT molecular complexity index is 579. The molecule has 0 unspecified atom stereocenters. The van der Waals surface area contributed by atoms with E-state index in [0.717, 1.165) is 16.5 Å². The van der Waals surface area contributed by atoms with Crippen molar-refractivity contribution in [2.24, 2.45) is 0 Å². The molecule has 0 saturated heterocycles. The Balaban J connectivity index is 2.64. The number of fused-ring (bicyclic) bond motifs is 3. The van der Waals surface area contributed by atoms with Gasteiger partial charge in [0.05, 0.1) is 0 Å². The van der Waals surface area contributed by atoms with E-state index >= 15 is 0 Å². The molecule has 0 radical (unpaired) electrons. The molecule has 2 heterocycles. The third-order valence-corrected chi connectivity index (χ3v) is 4.06. The van der Waals surface area contributed by atoms with Crippen LogP contribution >= 0.6 is 0 Å². The van der Waals surface area contributed by atoms with Gasteiger partial charge < -0.3 is 0 Å². The first-order valence-corrected chi connectivity index (χ1v) is 5.79. The van der Waals surface area contributed by atoms with Crippen LogP contribution in [0.15, 0.2) is 28.9 Å². The molecule has 0 amide bonds. The van der Waals surface area contributed by atoms with E-state index in [2.05, 4.69) is 18.0 Å². The van der Waals surface area contributed by atoms with Gasteiger partial charge in [0.2, 0.25) is 0 Å². The van der Waals surface area contributed by atoms with Gasteiger partial charge in [0.25, 0.3) is 0 Å². The van der Waals surface area contributed by atoms with Crippen LogP contribution in [0, 0.1) is 6.92 Å². The molecule has 3 heteroatoms. The van der Waals surface area contributed by atoms with Gasteiger partial charge in [-0.15, -0.1) is 0 Å². The second kappa shape index (κ2) is 2.47. The fourth-order valence-electron chi connectivity index (χ4n) is 1.55. The van der Waals surface area contributed by atoms with Gasteiger partial charge in [-0.1, -0.05) is 0 Å². The normalized spacial score (nSPS) is 11.5. The minimum absolute atomic E-state index is 0.431.